The molecule has 3 nitrogen and oxygen atoms in total. The van der Waals surface area contributed by atoms with Gasteiger partial charge in [0.15, 0.2) is 6.54 Å². The van der Waals surface area contributed by atoms with Crippen LogP contribution in [0.3, 0.4) is 0 Å². The number of nitrogens with zero attached hydrogens (tertiary/aromatic N) is 2. The van der Waals surface area contributed by atoms with Crippen LogP contribution < -0.4 is 4.57 Å². The van der Waals surface area contributed by atoms with E-state index < -0.39 is 0 Å². The van der Waals surface area contributed by atoms with Gasteiger partial charge >= 0.3 is 0 Å². The number of halogens is 2. The van der Waals surface area contributed by atoms with Gasteiger partial charge in [0.25, 0.3) is 0 Å². The summed E-state index contributed by atoms with van der Waals surface area (Å²) in [4.78, 5) is 12.0. The molecule has 17 heavy (non-hydrogen) atoms. The highest BCUT2D eigenvalue weighted by molar-refractivity contribution is 6.36. The van der Waals surface area contributed by atoms with E-state index in [2.05, 4.69) is 0 Å². The molecule has 88 valence electrons. The highest BCUT2D eigenvalue weighted by atomic mass is 35.5. The standard InChI is InChI=1S/C12H11Cl2N2O/c1-15-4-5-16(8-15)7-12(17)10-3-2-9(13)6-11(10)14/h2-6,8H,7H2,1H3/q+1. The molecule has 0 atom stereocenters. The minimum absolute atomic E-state index is 0.0390. The quantitative estimate of drug-likeness (QED) is 0.621. The number of imidazole rings is 1. The molecular weight excluding hydrogens is 259 g/mol. The average Bonchev–Trinajstić information content (AvgIpc) is 2.63. The van der Waals surface area contributed by atoms with E-state index >= 15 is 0 Å². The number of ketones is 1. The Labute approximate surface area is 109 Å². The lowest BCUT2D eigenvalue weighted by Gasteiger charge is -2.02. The highest BCUT2D eigenvalue weighted by Crippen LogP contribution is 2.21. The van der Waals surface area contributed by atoms with Gasteiger partial charge in [0.1, 0.15) is 12.4 Å². The van der Waals surface area contributed by atoms with Gasteiger partial charge in [0, 0.05) is 10.6 Å². The van der Waals surface area contributed by atoms with Crippen LogP contribution in [0.1, 0.15) is 10.4 Å². The van der Waals surface area contributed by atoms with Crippen LogP contribution in [0.2, 0.25) is 10.0 Å². The van der Waals surface area contributed by atoms with Gasteiger partial charge in [-0.2, -0.15) is 0 Å². The van der Waals surface area contributed by atoms with E-state index in [9.17, 15) is 4.79 Å². The van der Waals surface area contributed by atoms with E-state index in [1.54, 1.807) is 22.8 Å². The lowest BCUT2D eigenvalue weighted by Crippen LogP contribution is -2.24. The maximum absolute atomic E-state index is 12.0. The van der Waals surface area contributed by atoms with Crippen molar-refractivity contribution < 1.29 is 9.36 Å². The summed E-state index contributed by atoms with van der Waals surface area (Å²) in [5, 5.41) is 0.915. The van der Waals surface area contributed by atoms with Crippen molar-refractivity contribution in [2.45, 2.75) is 6.54 Å². The minimum Gasteiger partial charge on any atom is -0.290 e. The molecule has 0 bridgehead atoms. The van der Waals surface area contributed by atoms with Crippen LogP contribution >= 0.6 is 23.2 Å². The fourth-order valence-corrected chi connectivity index (χ4v) is 2.08. The van der Waals surface area contributed by atoms with Crippen molar-refractivity contribution in [1.82, 2.24) is 4.57 Å². The summed E-state index contributed by atoms with van der Waals surface area (Å²) in [6.07, 6.45) is 5.54. The van der Waals surface area contributed by atoms with Crippen LogP contribution in [0.15, 0.2) is 36.9 Å². The highest BCUT2D eigenvalue weighted by Gasteiger charge is 2.14. The first-order valence-corrected chi connectivity index (χ1v) is 5.81. The number of aryl methyl sites for hydroxylation is 1. The zero-order valence-corrected chi connectivity index (χ0v) is 10.7. The second kappa shape index (κ2) is 4.90. The number of carbonyl (C=O) groups excluding carboxylic acids is 1. The first-order valence-electron chi connectivity index (χ1n) is 5.05. The predicted molar refractivity (Wildman–Crippen MR) is 66.4 cm³/mol. The summed E-state index contributed by atoms with van der Waals surface area (Å²) in [5.74, 6) is -0.0390. The largest absolute Gasteiger partial charge is 0.290 e. The maximum atomic E-state index is 12.0. The topological polar surface area (TPSA) is 25.9 Å². The summed E-state index contributed by atoms with van der Waals surface area (Å²) in [7, 11) is 1.90. The molecule has 1 heterocycles. The van der Waals surface area contributed by atoms with Crippen molar-refractivity contribution in [2.24, 2.45) is 7.05 Å². The molecule has 0 N–H and O–H groups in total. The number of aromatic nitrogens is 2. The summed E-state index contributed by atoms with van der Waals surface area (Å²) >= 11 is 11.8. The molecule has 0 unspecified atom stereocenters. The number of hydrogen-bond donors (Lipinski definition) is 0. The Balaban J connectivity index is 2.20. The van der Waals surface area contributed by atoms with Gasteiger partial charge in [-0.1, -0.05) is 23.2 Å². The number of rotatable bonds is 3. The van der Waals surface area contributed by atoms with Crippen LogP contribution in [0.5, 0.6) is 0 Å². The fourth-order valence-electron chi connectivity index (χ4n) is 1.56. The van der Waals surface area contributed by atoms with Crippen molar-refractivity contribution in [3.63, 3.8) is 0 Å². The normalized spacial score (nSPS) is 10.5. The summed E-state index contributed by atoms with van der Waals surface area (Å²) < 4.78 is 3.67. The van der Waals surface area contributed by atoms with Gasteiger partial charge in [0.05, 0.1) is 12.1 Å². The first kappa shape index (κ1) is 12.1. The number of hydrogen-bond acceptors (Lipinski definition) is 1. The molecule has 0 aliphatic heterocycles. The minimum atomic E-state index is -0.0390. The molecule has 1 aromatic heterocycles. The molecule has 0 aliphatic carbocycles. The van der Waals surface area contributed by atoms with E-state index in [0.717, 1.165) is 0 Å². The lowest BCUT2D eigenvalue weighted by atomic mass is 10.1. The Morgan fingerprint density at radius 3 is 2.76 bits per heavy atom. The second-order valence-corrected chi connectivity index (χ2v) is 4.64. The molecule has 2 rings (SSSR count). The van der Waals surface area contributed by atoms with Crippen LogP contribution in [0, 0.1) is 0 Å². The molecule has 1 aromatic carbocycles. The molecule has 0 saturated heterocycles. The summed E-state index contributed by atoms with van der Waals surface area (Å²) in [6.45, 7) is 0.266. The molecule has 0 amide bonds. The van der Waals surface area contributed by atoms with Gasteiger partial charge in [-0.25, -0.2) is 9.13 Å². The monoisotopic (exact) mass is 269 g/mol. The van der Waals surface area contributed by atoms with E-state index in [0.29, 0.717) is 15.6 Å². The third kappa shape index (κ3) is 2.87. The lowest BCUT2D eigenvalue weighted by molar-refractivity contribution is -0.671. The molecule has 0 fully saturated rings. The Morgan fingerprint density at radius 2 is 2.18 bits per heavy atom. The van der Waals surface area contributed by atoms with Crippen molar-refractivity contribution in [3.05, 3.63) is 52.5 Å². The molecule has 0 saturated carbocycles. The van der Waals surface area contributed by atoms with Crippen LogP contribution in [-0.4, -0.2) is 10.4 Å². The molecule has 2 aromatic rings. The van der Waals surface area contributed by atoms with E-state index in [1.807, 2.05) is 30.3 Å². The molecule has 0 aliphatic rings. The van der Waals surface area contributed by atoms with Gasteiger partial charge < -0.3 is 0 Å². The molecule has 0 spiro atoms. The smallest absolute Gasteiger partial charge is 0.243 e. The predicted octanol–water partition coefficient (Wildman–Crippen LogP) is 2.50. The first-order chi connectivity index (χ1) is 8.06. The van der Waals surface area contributed by atoms with Crippen LogP contribution in [-0.2, 0) is 13.6 Å². The van der Waals surface area contributed by atoms with Crippen molar-refractivity contribution in [3.8, 4) is 0 Å². The zero-order chi connectivity index (χ0) is 12.4. The van der Waals surface area contributed by atoms with Gasteiger partial charge in [-0.3, -0.25) is 4.79 Å². The second-order valence-electron chi connectivity index (χ2n) is 3.80. The molecular formula is C12H11Cl2N2O+. The fraction of sp³-hybridized carbons (Fsp3) is 0.167. The zero-order valence-electron chi connectivity index (χ0n) is 9.23. The van der Waals surface area contributed by atoms with E-state index in [-0.39, 0.29) is 12.3 Å². The Morgan fingerprint density at radius 1 is 1.41 bits per heavy atom. The van der Waals surface area contributed by atoms with Gasteiger partial charge in [0.2, 0.25) is 12.1 Å². The Kier molecular flexibility index (Phi) is 3.50. The average molecular weight is 270 g/mol. The van der Waals surface area contributed by atoms with Crippen LogP contribution in [0.4, 0.5) is 0 Å². The molecule has 5 heteroatoms. The maximum Gasteiger partial charge on any atom is 0.243 e. The number of carbonyl (C=O) groups is 1. The van der Waals surface area contributed by atoms with Crippen molar-refractivity contribution >= 4 is 29.0 Å². The van der Waals surface area contributed by atoms with Gasteiger partial charge in [-0.05, 0) is 18.2 Å². The van der Waals surface area contributed by atoms with Crippen LogP contribution in [0.25, 0.3) is 0 Å². The molecule has 0 radical (unpaired) electrons. The summed E-state index contributed by atoms with van der Waals surface area (Å²) in [6, 6.07) is 4.89. The Hall–Kier alpha value is -1.32. The van der Waals surface area contributed by atoms with E-state index in [1.165, 1.54) is 0 Å². The third-order valence-corrected chi connectivity index (χ3v) is 2.93. The third-order valence-electron chi connectivity index (χ3n) is 2.38. The number of benzene rings is 1. The Bertz CT molecular complexity index is 563. The van der Waals surface area contributed by atoms with E-state index in [4.69, 9.17) is 23.2 Å². The SMILES string of the molecule is C[n+]1ccn(CC(=O)c2ccc(Cl)cc2Cl)c1. The number of Topliss-reactive ketones (excluding diaryl/α,β-unsaturated/α-hetero) is 1. The van der Waals surface area contributed by atoms with Crippen molar-refractivity contribution in [1.29, 1.82) is 0 Å². The summed E-state index contributed by atoms with van der Waals surface area (Å²) in [5.41, 5.74) is 0.493. The van der Waals surface area contributed by atoms with Gasteiger partial charge in [-0.15, -0.1) is 0 Å². The van der Waals surface area contributed by atoms with Crippen molar-refractivity contribution in [2.75, 3.05) is 0 Å².